The number of fused-ring (bicyclic) bond motifs is 6. The number of ether oxygens (including phenoxy) is 1. The Hall–Kier alpha value is -7.86. The Morgan fingerprint density at radius 1 is 0.415 bits per heavy atom. The van der Waals surface area contributed by atoms with Crippen LogP contribution in [0.5, 0.6) is 11.5 Å². The first-order valence-electron chi connectivity index (χ1n) is 22.4. The number of hydrogen-bond acceptors (Lipinski definition) is 4. The molecule has 0 spiro atoms. The van der Waals surface area contributed by atoms with Crippen molar-refractivity contribution in [3.05, 3.63) is 241 Å². The maximum atomic E-state index is 7.14. The summed E-state index contributed by atoms with van der Waals surface area (Å²) in [6.07, 6.45) is -0.711. The van der Waals surface area contributed by atoms with Crippen LogP contribution in [0.2, 0.25) is 0 Å². The van der Waals surface area contributed by atoms with Gasteiger partial charge in [0.2, 0.25) is 0 Å². The fourth-order valence-corrected chi connectivity index (χ4v) is 9.94. The summed E-state index contributed by atoms with van der Waals surface area (Å²) in [4.78, 5) is 0. The third-order valence-electron chi connectivity index (χ3n) is 13.2. The quantitative estimate of drug-likeness (QED) is 0.0730. The maximum Gasteiger partial charge on any atom is 0.135 e. The minimum atomic E-state index is -0.451. The minimum absolute atomic E-state index is 0.260. The lowest BCUT2D eigenvalue weighted by atomic mass is 9.89. The highest BCUT2D eigenvalue weighted by atomic mass is 16.5. The normalized spacial score (nSPS) is 12.9. The van der Waals surface area contributed by atoms with Crippen LogP contribution in [0.25, 0.3) is 87.6 Å². The van der Waals surface area contributed by atoms with Crippen LogP contribution in [-0.4, -0.2) is 0 Å². The van der Waals surface area contributed by atoms with E-state index in [4.69, 9.17) is 10.5 Å². The van der Waals surface area contributed by atoms with E-state index in [1.54, 1.807) is 0 Å². The van der Waals surface area contributed by atoms with E-state index in [0.717, 1.165) is 55.8 Å². The van der Waals surface area contributed by atoms with Gasteiger partial charge in [0.1, 0.15) is 11.5 Å². The van der Waals surface area contributed by atoms with E-state index >= 15 is 0 Å². The molecule has 0 amide bonds. The number of nitrogens with one attached hydrogen (secondary N) is 2. The van der Waals surface area contributed by atoms with Gasteiger partial charge in [-0.25, -0.2) is 0 Å². The van der Waals surface area contributed by atoms with Crippen LogP contribution >= 0.6 is 0 Å². The zero-order chi connectivity index (χ0) is 43.3. The molecule has 4 heteroatoms. The van der Waals surface area contributed by atoms with Crippen molar-refractivity contribution < 1.29 is 4.74 Å². The van der Waals surface area contributed by atoms with Crippen LogP contribution in [0.1, 0.15) is 29.0 Å². The van der Waals surface area contributed by atoms with Crippen molar-refractivity contribution in [2.24, 2.45) is 5.73 Å². The molecule has 0 aliphatic carbocycles. The van der Waals surface area contributed by atoms with Crippen LogP contribution in [0.4, 0.5) is 0 Å². The van der Waals surface area contributed by atoms with Gasteiger partial charge >= 0.3 is 0 Å². The van der Waals surface area contributed by atoms with Crippen molar-refractivity contribution in [2.45, 2.75) is 18.9 Å². The average molecular weight is 836 g/mol. The molecule has 1 aliphatic rings. The third-order valence-corrected chi connectivity index (χ3v) is 13.2. The summed E-state index contributed by atoms with van der Waals surface area (Å²) >= 11 is 0. The molecule has 4 nitrogen and oxygen atoms in total. The monoisotopic (exact) mass is 835 g/mol. The summed E-state index contributed by atoms with van der Waals surface area (Å²) in [5.41, 5.74) is 19.7. The molecule has 0 aromatic heterocycles. The van der Waals surface area contributed by atoms with Gasteiger partial charge < -0.3 is 10.5 Å². The molecule has 2 atom stereocenters. The Morgan fingerprint density at radius 3 is 1.94 bits per heavy atom. The van der Waals surface area contributed by atoms with Gasteiger partial charge in [0.25, 0.3) is 0 Å². The summed E-state index contributed by atoms with van der Waals surface area (Å²) in [5, 5.41) is 17.6. The fourth-order valence-electron chi connectivity index (χ4n) is 9.94. The van der Waals surface area contributed by atoms with Crippen LogP contribution in [-0.2, 0) is 6.54 Å². The highest BCUT2D eigenvalue weighted by Gasteiger charge is 2.22. The SMILES string of the molecule is NC(NC(NCc1ccc(-c2c3ccccc3cc3c2ccc2ccccc23)cc1)c1ccc(-c2ccc3c(c2)-c2cccc4cccc(c24)O3)cc1)c1ccccc1-c1ccccc1. The van der Waals surface area contributed by atoms with Crippen molar-refractivity contribution in [3.63, 3.8) is 0 Å². The molecule has 4 N–H and O–H groups in total. The van der Waals surface area contributed by atoms with E-state index in [9.17, 15) is 0 Å². The second-order valence-electron chi connectivity index (χ2n) is 17.1. The first kappa shape index (κ1) is 38.8. The molecule has 0 saturated carbocycles. The minimum Gasteiger partial charge on any atom is -0.456 e. The van der Waals surface area contributed by atoms with Gasteiger partial charge in [-0.05, 0) is 118 Å². The zero-order valence-electron chi connectivity index (χ0n) is 35.7. The lowest BCUT2D eigenvalue weighted by Crippen LogP contribution is -2.40. The molecule has 0 radical (unpaired) electrons. The highest BCUT2D eigenvalue weighted by molar-refractivity contribution is 6.20. The molecular formula is C61H45N3O. The van der Waals surface area contributed by atoms with Crippen molar-refractivity contribution in [1.82, 2.24) is 10.6 Å². The molecule has 65 heavy (non-hydrogen) atoms. The third kappa shape index (κ3) is 7.11. The standard InChI is InChI=1S/C61H45N3O/c62-60(53-21-9-8-18-48(53)41-12-2-1-3-13-41)64-61(45-30-28-40(29-31-45)46-33-35-56-55(36-46)51-22-10-16-43-17-11-23-57(65-56)59(43)51)63-38-39-24-26-44(27-25-39)58-50-20-7-5-15-47(50)37-54-49-19-6-4-14-42(49)32-34-52(54)58/h1-37,60-61,63-64H,38,62H2. The van der Waals surface area contributed by atoms with E-state index in [2.05, 4.69) is 229 Å². The van der Waals surface area contributed by atoms with Crippen LogP contribution < -0.4 is 21.1 Å². The first-order chi connectivity index (χ1) is 32.1. The first-order valence-corrected chi connectivity index (χ1v) is 22.4. The molecule has 11 aromatic rings. The van der Waals surface area contributed by atoms with Gasteiger partial charge in [0, 0.05) is 17.5 Å². The molecule has 0 fully saturated rings. The summed E-state index contributed by atoms with van der Waals surface area (Å²) in [5.74, 6) is 1.78. The number of nitrogens with two attached hydrogens (primary N) is 1. The van der Waals surface area contributed by atoms with Crippen molar-refractivity contribution in [1.29, 1.82) is 0 Å². The summed E-state index contributed by atoms with van der Waals surface area (Å²) in [7, 11) is 0. The smallest absolute Gasteiger partial charge is 0.135 e. The average Bonchev–Trinajstić information content (AvgIpc) is 3.37. The van der Waals surface area contributed by atoms with Gasteiger partial charge in [0.15, 0.2) is 0 Å². The number of benzene rings is 11. The van der Waals surface area contributed by atoms with E-state index in [1.807, 2.05) is 6.07 Å². The Kier molecular flexibility index (Phi) is 9.76. The fraction of sp³-hybridized carbons (Fsp3) is 0.0492. The summed E-state index contributed by atoms with van der Waals surface area (Å²) in [6, 6.07) is 80.3. The molecule has 1 heterocycles. The van der Waals surface area contributed by atoms with Crippen molar-refractivity contribution >= 4 is 43.1 Å². The molecule has 0 bridgehead atoms. The number of rotatable bonds is 10. The molecule has 12 rings (SSSR count). The van der Waals surface area contributed by atoms with E-state index < -0.39 is 6.17 Å². The largest absolute Gasteiger partial charge is 0.456 e. The van der Waals surface area contributed by atoms with Gasteiger partial charge in [-0.1, -0.05) is 200 Å². The van der Waals surface area contributed by atoms with Crippen molar-refractivity contribution in [3.8, 4) is 56.0 Å². The van der Waals surface area contributed by atoms with Gasteiger partial charge in [-0.2, -0.15) is 0 Å². The topological polar surface area (TPSA) is 59.3 Å². The summed E-state index contributed by atoms with van der Waals surface area (Å²) < 4.78 is 6.41. The van der Waals surface area contributed by atoms with Gasteiger partial charge in [0.05, 0.1) is 12.3 Å². The lowest BCUT2D eigenvalue weighted by molar-refractivity contribution is 0.386. The second kappa shape index (κ2) is 16.4. The Morgan fingerprint density at radius 2 is 1.09 bits per heavy atom. The van der Waals surface area contributed by atoms with E-state index in [1.165, 1.54) is 60.0 Å². The second-order valence-corrected chi connectivity index (χ2v) is 17.1. The van der Waals surface area contributed by atoms with Crippen LogP contribution in [0, 0.1) is 0 Å². The lowest BCUT2D eigenvalue weighted by Gasteiger charge is -2.27. The molecule has 310 valence electrons. The zero-order valence-corrected chi connectivity index (χ0v) is 35.7. The predicted octanol–water partition coefficient (Wildman–Crippen LogP) is 15.1. The molecule has 2 unspecified atom stereocenters. The molecule has 0 saturated heterocycles. The van der Waals surface area contributed by atoms with E-state index in [-0.39, 0.29) is 6.17 Å². The highest BCUT2D eigenvalue weighted by Crippen LogP contribution is 2.47. The van der Waals surface area contributed by atoms with Crippen molar-refractivity contribution in [2.75, 3.05) is 0 Å². The van der Waals surface area contributed by atoms with Crippen LogP contribution in [0.3, 0.4) is 0 Å². The number of hydrogen-bond donors (Lipinski definition) is 3. The maximum absolute atomic E-state index is 7.14. The predicted molar refractivity (Wildman–Crippen MR) is 271 cm³/mol. The Balaban J connectivity index is 0.865. The van der Waals surface area contributed by atoms with Crippen LogP contribution in [0.15, 0.2) is 224 Å². The van der Waals surface area contributed by atoms with Gasteiger partial charge in [-0.15, -0.1) is 0 Å². The van der Waals surface area contributed by atoms with E-state index in [0.29, 0.717) is 6.54 Å². The van der Waals surface area contributed by atoms with Gasteiger partial charge in [-0.3, -0.25) is 10.6 Å². The molecular weight excluding hydrogens is 791 g/mol. The Bertz CT molecular complexity index is 3560. The molecule has 1 aliphatic heterocycles. The summed E-state index contributed by atoms with van der Waals surface area (Å²) in [6.45, 7) is 0.630. The molecule has 11 aromatic carbocycles. The Labute approximate surface area is 378 Å².